The minimum atomic E-state index is -0.390. The molecule has 0 amide bonds. The van der Waals surface area contributed by atoms with Gasteiger partial charge in [0.05, 0.1) is 20.6 Å². The summed E-state index contributed by atoms with van der Waals surface area (Å²) in [5, 5.41) is 10.7. The minimum Gasteiger partial charge on any atom is -1.00 e. The van der Waals surface area contributed by atoms with E-state index in [9.17, 15) is 5.11 Å². The Morgan fingerprint density at radius 1 is 0.808 bits per heavy atom. The van der Waals surface area contributed by atoms with Gasteiger partial charge in [-0.3, -0.25) is 0 Å². The maximum atomic E-state index is 10.7. The molecule has 0 aliphatic rings. The Bertz CT molecular complexity index is 435. The topological polar surface area (TPSA) is 20.2 Å². The van der Waals surface area contributed by atoms with Crippen molar-refractivity contribution in [2.45, 2.75) is 90.2 Å². The van der Waals surface area contributed by atoms with Crippen LogP contribution in [0.1, 0.15) is 89.7 Å². The molecule has 2 nitrogen and oxygen atoms in total. The van der Waals surface area contributed by atoms with E-state index >= 15 is 0 Å². The van der Waals surface area contributed by atoms with Gasteiger partial charge in [0.25, 0.3) is 0 Å². The van der Waals surface area contributed by atoms with Crippen molar-refractivity contribution in [1.29, 1.82) is 0 Å². The molecule has 0 heterocycles. The lowest BCUT2D eigenvalue weighted by Gasteiger charge is -2.38. The van der Waals surface area contributed by atoms with E-state index in [1.807, 2.05) is 30.3 Å². The number of halogens is 1. The molecule has 0 saturated heterocycles. The molecule has 0 unspecified atom stereocenters. The van der Waals surface area contributed by atoms with Gasteiger partial charge in [-0.15, -0.1) is 0 Å². The molecule has 0 aromatic heterocycles. The van der Waals surface area contributed by atoms with Gasteiger partial charge in [-0.2, -0.15) is 0 Å². The summed E-state index contributed by atoms with van der Waals surface area (Å²) < 4.78 is 0.882. The highest BCUT2D eigenvalue weighted by molar-refractivity contribution is 5.18. The van der Waals surface area contributed by atoms with Gasteiger partial charge in [-0.25, -0.2) is 0 Å². The van der Waals surface area contributed by atoms with Gasteiger partial charge in [0.15, 0.2) is 0 Å². The van der Waals surface area contributed by atoms with E-state index in [2.05, 4.69) is 27.9 Å². The minimum absolute atomic E-state index is 0. The summed E-state index contributed by atoms with van der Waals surface area (Å²) in [6.07, 6.45) is 13.4. The first-order valence-corrected chi connectivity index (χ1v) is 10.5. The summed E-state index contributed by atoms with van der Waals surface area (Å²) in [5.41, 5.74) is 1.03. The third kappa shape index (κ3) is 10.1. The van der Waals surface area contributed by atoms with E-state index in [1.165, 1.54) is 64.2 Å². The zero-order valence-corrected chi connectivity index (χ0v) is 19.2. The smallest absolute Gasteiger partial charge is 0.130 e. The number of hydrogen-bond donors (Lipinski definition) is 1. The lowest BCUT2D eigenvalue weighted by Crippen LogP contribution is -3.00. The molecule has 0 fully saturated rings. The quantitative estimate of drug-likeness (QED) is 0.357. The fourth-order valence-electron chi connectivity index (χ4n) is 3.52. The van der Waals surface area contributed by atoms with Crippen molar-refractivity contribution < 1.29 is 26.6 Å². The molecule has 3 heteroatoms. The van der Waals surface area contributed by atoms with Crippen molar-refractivity contribution in [3.05, 3.63) is 35.9 Å². The van der Waals surface area contributed by atoms with Crippen LogP contribution in [0.25, 0.3) is 0 Å². The van der Waals surface area contributed by atoms with E-state index < -0.39 is 0 Å². The number of aliphatic hydroxyl groups is 1. The maximum Gasteiger partial charge on any atom is 0.130 e. The van der Waals surface area contributed by atoms with Crippen molar-refractivity contribution in [3.63, 3.8) is 0 Å². The number of benzene rings is 1. The van der Waals surface area contributed by atoms with Gasteiger partial charge in [0.1, 0.15) is 12.1 Å². The zero-order chi connectivity index (χ0) is 18.5. The predicted octanol–water partition coefficient (Wildman–Crippen LogP) is 3.11. The standard InChI is InChI=1S/C23H42NO.BrH/c1-5-6-7-8-9-10-11-12-13-17-20-24(3,4)21(2)23(25)22-18-15-14-16-19-22;/h14-16,18-19,21,23,25H,5-13,17,20H2,1-4H3;1H/q+1;/p-1/t21-,23+;/m1./s1. The number of likely N-dealkylation sites (N-methyl/N-ethyl adjacent to an activating group) is 1. The van der Waals surface area contributed by atoms with Crippen molar-refractivity contribution in [3.8, 4) is 0 Å². The molecule has 1 N–H and O–H groups in total. The Balaban J connectivity index is 0.00000625. The number of hydrogen-bond acceptors (Lipinski definition) is 1. The fourth-order valence-corrected chi connectivity index (χ4v) is 3.52. The highest BCUT2D eigenvalue weighted by Crippen LogP contribution is 2.24. The Morgan fingerprint density at radius 3 is 1.77 bits per heavy atom. The SMILES string of the molecule is CCCCCCCCCCCC[N+](C)(C)[C@H](C)[C@H](O)c1ccccc1.[Br-]. The molecule has 26 heavy (non-hydrogen) atoms. The number of quaternary nitrogens is 1. The third-order valence-electron chi connectivity index (χ3n) is 5.79. The van der Waals surface area contributed by atoms with Crippen LogP contribution in [-0.2, 0) is 0 Å². The third-order valence-corrected chi connectivity index (χ3v) is 5.79. The van der Waals surface area contributed by atoms with Gasteiger partial charge in [0, 0.05) is 0 Å². The predicted molar refractivity (Wildman–Crippen MR) is 110 cm³/mol. The van der Waals surface area contributed by atoms with Gasteiger partial charge >= 0.3 is 0 Å². The second-order valence-electron chi connectivity index (χ2n) is 8.28. The van der Waals surface area contributed by atoms with E-state index in [4.69, 9.17) is 0 Å². The summed E-state index contributed by atoms with van der Waals surface area (Å²) in [6.45, 7) is 5.59. The van der Waals surface area contributed by atoms with Crippen LogP contribution < -0.4 is 17.0 Å². The number of unbranched alkanes of at least 4 members (excludes halogenated alkanes) is 9. The first-order valence-electron chi connectivity index (χ1n) is 10.5. The fraction of sp³-hybridized carbons (Fsp3) is 0.739. The van der Waals surface area contributed by atoms with Crippen LogP contribution in [0.5, 0.6) is 0 Å². The van der Waals surface area contributed by atoms with Crippen LogP contribution in [0.4, 0.5) is 0 Å². The lowest BCUT2D eigenvalue weighted by molar-refractivity contribution is -0.917. The number of rotatable bonds is 14. The normalized spacial score (nSPS) is 13.9. The highest BCUT2D eigenvalue weighted by atomic mass is 79.9. The molecule has 1 aromatic rings. The summed E-state index contributed by atoms with van der Waals surface area (Å²) in [6, 6.07) is 10.3. The lowest BCUT2D eigenvalue weighted by atomic mass is 10.0. The zero-order valence-electron chi connectivity index (χ0n) is 17.6. The second kappa shape index (κ2) is 14.6. The molecule has 1 rings (SSSR count). The van der Waals surface area contributed by atoms with Crippen LogP contribution >= 0.6 is 0 Å². The monoisotopic (exact) mass is 427 g/mol. The molecular weight excluding hydrogens is 386 g/mol. The largest absolute Gasteiger partial charge is 1.00 e. The molecule has 0 saturated carbocycles. The summed E-state index contributed by atoms with van der Waals surface area (Å²) in [5.74, 6) is 0. The summed E-state index contributed by atoms with van der Waals surface area (Å²) in [4.78, 5) is 0. The molecule has 0 aliphatic carbocycles. The Kier molecular flexibility index (Phi) is 14.4. The Labute approximate surface area is 173 Å². The van der Waals surface area contributed by atoms with Crippen molar-refractivity contribution in [1.82, 2.24) is 0 Å². The maximum absolute atomic E-state index is 10.7. The van der Waals surface area contributed by atoms with E-state index in [1.54, 1.807) is 0 Å². The molecule has 0 bridgehead atoms. The number of nitrogens with zero attached hydrogens (tertiary/aromatic N) is 1. The average Bonchev–Trinajstić information content (AvgIpc) is 2.62. The molecule has 0 radical (unpaired) electrons. The van der Waals surface area contributed by atoms with Crippen LogP contribution in [-0.4, -0.2) is 36.3 Å². The van der Waals surface area contributed by atoms with E-state index in [0.717, 1.165) is 16.6 Å². The highest BCUT2D eigenvalue weighted by Gasteiger charge is 2.30. The summed E-state index contributed by atoms with van der Waals surface area (Å²) in [7, 11) is 4.51. The molecule has 0 spiro atoms. The average molecular weight is 428 g/mol. The molecule has 2 atom stereocenters. The first-order chi connectivity index (χ1) is 12.0. The van der Waals surface area contributed by atoms with Crippen molar-refractivity contribution in [2.75, 3.05) is 20.6 Å². The second-order valence-corrected chi connectivity index (χ2v) is 8.28. The van der Waals surface area contributed by atoms with Crippen LogP contribution in [0.2, 0.25) is 0 Å². The van der Waals surface area contributed by atoms with Gasteiger partial charge in [-0.1, -0.05) is 88.6 Å². The van der Waals surface area contributed by atoms with Crippen LogP contribution in [0, 0.1) is 0 Å². The Morgan fingerprint density at radius 2 is 1.27 bits per heavy atom. The summed E-state index contributed by atoms with van der Waals surface area (Å²) >= 11 is 0. The molecule has 1 aromatic carbocycles. The number of aliphatic hydroxyl groups excluding tert-OH is 1. The van der Waals surface area contributed by atoms with Crippen molar-refractivity contribution >= 4 is 0 Å². The van der Waals surface area contributed by atoms with Gasteiger partial charge in [0.2, 0.25) is 0 Å². The van der Waals surface area contributed by atoms with E-state index in [-0.39, 0.29) is 29.1 Å². The van der Waals surface area contributed by atoms with Gasteiger partial charge < -0.3 is 26.6 Å². The molecule has 152 valence electrons. The van der Waals surface area contributed by atoms with Crippen LogP contribution in [0.3, 0.4) is 0 Å². The molecular formula is C23H42BrNO. The first kappa shape index (κ1) is 25.6. The Hall–Kier alpha value is -0.380. The molecule has 0 aliphatic heterocycles. The van der Waals surface area contributed by atoms with E-state index in [0.29, 0.717) is 0 Å². The van der Waals surface area contributed by atoms with Crippen LogP contribution in [0.15, 0.2) is 30.3 Å². The van der Waals surface area contributed by atoms with Crippen molar-refractivity contribution in [2.24, 2.45) is 0 Å². The van der Waals surface area contributed by atoms with Gasteiger partial charge in [-0.05, 0) is 25.3 Å².